The van der Waals surface area contributed by atoms with E-state index in [0.717, 1.165) is 5.69 Å². The van der Waals surface area contributed by atoms with E-state index in [1.54, 1.807) is 0 Å². The van der Waals surface area contributed by atoms with Crippen LogP contribution >= 0.6 is 0 Å². The van der Waals surface area contributed by atoms with Gasteiger partial charge in [0, 0.05) is 18.3 Å². The summed E-state index contributed by atoms with van der Waals surface area (Å²) in [4.78, 5) is 11.6. The van der Waals surface area contributed by atoms with Crippen LogP contribution in [0, 0.1) is 0 Å². The Morgan fingerprint density at radius 1 is 1.53 bits per heavy atom. The van der Waals surface area contributed by atoms with E-state index in [1.165, 1.54) is 12.3 Å². The summed E-state index contributed by atoms with van der Waals surface area (Å²) < 4.78 is 12.2. The van der Waals surface area contributed by atoms with Gasteiger partial charge >= 0.3 is 0 Å². The Hall–Kier alpha value is -2.08. The van der Waals surface area contributed by atoms with Crippen LogP contribution in [0.15, 0.2) is 33.8 Å². The zero-order valence-corrected chi connectivity index (χ0v) is 10.9. The van der Waals surface area contributed by atoms with E-state index in [2.05, 4.69) is 5.10 Å². The van der Waals surface area contributed by atoms with Gasteiger partial charge in [-0.2, -0.15) is 5.10 Å². The number of ether oxygens (including phenoxy) is 1. The minimum atomic E-state index is -0.321. The molecule has 0 aromatic carbocycles. The largest absolute Gasteiger partial charge is 0.480 e. The lowest BCUT2D eigenvalue weighted by Gasteiger charge is -2.05. The van der Waals surface area contributed by atoms with Crippen LogP contribution in [0.2, 0.25) is 0 Å². The Morgan fingerprint density at radius 3 is 2.89 bits per heavy atom. The molecular formula is C13H16N2O4. The second-order valence-electron chi connectivity index (χ2n) is 4.40. The molecule has 102 valence electrons. The number of aliphatic hydroxyl groups is 1. The molecule has 1 N–H and O–H groups in total. The Balaban J connectivity index is 2.03. The number of rotatable bonds is 5. The van der Waals surface area contributed by atoms with Crippen molar-refractivity contribution in [3.8, 4) is 5.75 Å². The quantitative estimate of drug-likeness (QED) is 0.885. The summed E-state index contributed by atoms with van der Waals surface area (Å²) in [5.74, 6) is 0.317. The highest BCUT2D eigenvalue weighted by Crippen LogP contribution is 2.09. The molecule has 0 fully saturated rings. The molecule has 0 saturated heterocycles. The molecule has 0 bridgehead atoms. The second kappa shape index (κ2) is 5.71. The lowest BCUT2D eigenvalue weighted by atomic mass is 10.4. The molecule has 2 heterocycles. The number of aromatic nitrogens is 2. The van der Waals surface area contributed by atoms with Gasteiger partial charge in [0.1, 0.15) is 25.2 Å². The molecule has 6 nitrogen and oxygen atoms in total. The third kappa shape index (κ3) is 3.23. The Bertz CT molecular complexity index is 601. The maximum Gasteiger partial charge on any atom is 0.227 e. The number of aliphatic hydroxyl groups excluding tert-OH is 1. The fourth-order valence-corrected chi connectivity index (χ4v) is 1.52. The van der Waals surface area contributed by atoms with Crippen molar-refractivity contribution in [1.29, 1.82) is 0 Å². The third-order valence-electron chi connectivity index (χ3n) is 2.58. The number of hydrogen-bond acceptors (Lipinski definition) is 5. The molecule has 19 heavy (non-hydrogen) atoms. The summed E-state index contributed by atoms with van der Waals surface area (Å²) in [5, 5.41) is 13.1. The molecule has 2 rings (SSSR count). The molecule has 0 atom stereocenters. The van der Waals surface area contributed by atoms with Crippen LogP contribution in [-0.2, 0) is 13.2 Å². The third-order valence-corrected chi connectivity index (χ3v) is 2.58. The maximum atomic E-state index is 11.6. The maximum absolute atomic E-state index is 11.6. The van der Waals surface area contributed by atoms with E-state index >= 15 is 0 Å². The highest BCUT2D eigenvalue weighted by atomic mass is 16.5. The van der Waals surface area contributed by atoms with Crippen molar-refractivity contribution in [1.82, 2.24) is 9.78 Å². The lowest BCUT2D eigenvalue weighted by Crippen LogP contribution is -2.09. The van der Waals surface area contributed by atoms with Gasteiger partial charge in [-0.05, 0) is 19.9 Å². The van der Waals surface area contributed by atoms with Crippen molar-refractivity contribution in [2.45, 2.75) is 33.1 Å². The van der Waals surface area contributed by atoms with Crippen LogP contribution in [0.5, 0.6) is 5.75 Å². The molecule has 2 aromatic rings. The highest BCUT2D eigenvalue weighted by Gasteiger charge is 2.06. The van der Waals surface area contributed by atoms with Gasteiger partial charge in [0.25, 0.3) is 0 Å². The minimum absolute atomic E-state index is 0.108. The van der Waals surface area contributed by atoms with E-state index in [9.17, 15) is 4.79 Å². The van der Waals surface area contributed by atoms with E-state index < -0.39 is 0 Å². The summed E-state index contributed by atoms with van der Waals surface area (Å²) >= 11 is 0. The van der Waals surface area contributed by atoms with Crippen LogP contribution in [0.3, 0.4) is 0 Å². The zero-order chi connectivity index (χ0) is 13.8. The van der Waals surface area contributed by atoms with E-state index in [0.29, 0.717) is 0 Å². The average molecular weight is 264 g/mol. The number of nitrogens with zero attached hydrogens (tertiary/aromatic N) is 2. The minimum Gasteiger partial charge on any atom is -0.480 e. The lowest BCUT2D eigenvalue weighted by molar-refractivity contribution is 0.235. The first-order valence-corrected chi connectivity index (χ1v) is 5.99. The first-order valence-electron chi connectivity index (χ1n) is 5.99. The molecule has 0 aliphatic heterocycles. The standard InChI is InChI=1S/C13H16N2O4/c1-9(2)15-4-3-10(14-15)7-19-13-8-18-11(6-16)5-12(13)17/h3-5,8-9,16H,6-7H2,1-2H3. The summed E-state index contributed by atoms with van der Waals surface area (Å²) in [5.41, 5.74) is 0.415. The smallest absolute Gasteiger partial charge is 0.227 e. The van der Waals surface area contributed by atoms with Crippen LogP contribution in [-0.4, -0.2) is 14.9 Å². The van der Waals surface area contributed by atoms with Crippen molar-refractivity contribution in [2.24, 2.45) is 0 Å². The second-order valence-corrected chi connectivity index (χ2v) is 4.40. The van der Waals surface area contributed by atoms with Crippen molar-refractivity contribution < 1.29 is 14.3 Å². The van der Waals surface area contributed by atoms with Crippen molar-refractivity contribution in [2.75, 3.05) is 0 Å². The van der Waals surface area contributed by atoms with Gasteiger partial charge in [0.15, 0.2) is 0 Å². The summed E-state index contributed by atoms with van der Waals surface area (Å²) in [6.45, 7) is 3.94. The van der Waals surface area contributed by atoms with Crippen molar-refractivity contribution >= 4 is 0 Å². The first-order chi connectivity index (χ1) is 9.10. The van der Waals surface area contributed by atoms with Gasteiger partial charge in [-0.1, -0.05) is 0 Å². The molecule has 0 unspecified atom stereocenters. The fraction of sp³-hybridized carbons (Fsp3) is 0.385. The monoisotopic (exact) mass is 264 g/mol. The van der Waals surface area contributed by atoms with Gasteiger partial charge in [0.05, 0.1) is 5.69 Å². The molecule has 2 aromatic heterocycles. The Morgan fingerprint density at radius 2 is 2.32 bits per heavy atom. The fourth-order valence-electron chi connectivity index (χ4n) is 1.52. The molecule has 0 radical (unpaired) electrons. The van der Waals surface area contributed by atoms with Crippen LogP contribution in [0.1, 0.15) is 31.3 Å². The van der Waals surface area contributed by atoms with Gasteiger partial charge in [-0.15, -0.1) is 0 Å². The van der Waals surface area contributed by atoms with Crippen molar-refractivity contribution in [3.05, 3.63) is 46.3 Å². The SMILES string of the molecule is CC(C)n1ccc(COc2coc(CO)cc2=O)n1. The topological polar surface area (TPSA) is 77.5 Å². The molecule has 0 amide bonds. The van der Waals surface area contributed by atoms with Crippen LogP contribution < -0.4 is 10.2 Å². The first kappa shape index (κ1) is 13.4. The molecule has 0 spiro atoms. The van der Waals surface area contributed by atoms with E-state index in [1.807, 2.05) is 30.8 Å². The van der Waals surface area contributed by atoms with E-state index in [-0.39, 0.29) is 36.2 Å². The summed E-state index contributed by atoms with van der Waals surface area (Å²) in [6, 6.07) is 3.33. The van der Waals surface area contributed by atoms with Gasteiger partial charge < -0.3 is 14.3 Å². The van der Waals surface area contributed by atoms with Gasteiger partial charge in [0.2, 0.25) is 11.2 Å². The van der Waals surface area contributed by atoms with Gasteiger partial charge in [-0.25, -0.2) is 0 Å². The molecule has 0 saturated carbocycles. The van der Waals surface area contributed by atoms with Gasteiger partial charge in [-0.3, -0.25) is 9.48 Å². The molecule has 0 aliphatic rings. The normalized spacial score (nSPS) is 10.9. The predicted molar refractivity (Wildman–Crippen MR) is 67.8 cm³/mol. The molecule has 0 aliphatic carbocycles. The van der Waals surface area contributed by atoms with E-state index in [4.69, 9.17) is 14.3 Å². The van der Waals surface area contributed by atoms with Crippen LogP contribution in [0.4, 0.5) is 0 Å². The predicted octanol–water partition coefficient (Wildman–Crippen LogP) is 1.49. The van der Waals surface area contributed by atoms with Crippen LogP contribution in [0.25, 0.3) is 0 Å². The summed E-state index contributed by atoms with van der Waals surface area (Å²) in [7, 11) is 0. The summed E-state index contributed by atoms with van der Waals surface area (Å²) in [6.07, 6.45) is 3.06. The highest BCUT2D eigenvalue weighted by molar-refractivity contribution is 5.17. The molecule has 6 heteroatoms. The molecular weight excluding hydrogens is 248 g/mol. The van der Waals surface area contributed by atoms with Crippen molar-refractivity contribution in [3.63, 3.8) is 0 Å². The number of hydrogen-bond donors (Lipinski definition) is 1. The Kier molecular flexibility index (Phi) is 4.01. The zero-order valence-electron chi connectivity index (χ0n) is 10.9. The Labute approximate surface area is 110 Å². The average Bonchev–Trinajstić information content (AvgIpc) is 2.86.